The fourth-order valence-corrected chi connectivity index (χ4v) is 9.09. The Balaban J connectivity index is 1.51. The second-order valence-corrected chi connectivity index (χ2v) is 14.4. The lowest BCUT2D eigenvalue weighted by atomic mass is 9.46. The number of hydrogen-bond acceptors (Lipinski definition) is 2. The molecule has 2 N–H and O–H groups in total. The summed E-state index contributed by atoms with van der Waals surface area (Å²) in [5, 5.41) is 21.0. The molecule has 0 aromatic carbocycles. The first-order chi connectivity index (χ1) is 14.3. The molecule has 0 bridgehead atoms. The number of aliphatic hydroxyl groups is 2. The first kappa shape index (κ1) is 24.3. The molecule has 0 heterocycles. The second-order valence-electron chi connectivity index (χ2n) is 13.3. The lowest BCUT2D eigenvalue weighted by Crippen LogP contribution is -2.53. The van der Waals surface area contributed by atoms with E-state index < -0.39 is 5.60 Å². The van der Waals surface area contributed by atoms with E-state index in [1.165, 1.54) is 57.8 Å². The van der Waals surface area contributed by atoms with Crippen LogP contribution >= 0.6 is 15.9 Å². The SMILES string of the molecule is CC(C)(O)C(Br)CCCC1CCC2C3=C(CCC12C)C1(C)CCC(O)C(C)(C)C1CC3. The number of aliphatic hydroxyl groups excluding tert-OH is 1. The normalized spacial score (nSPS) is 43.3. The third-order valence-electron chi connectivity index (χ3n) is 10.9. The summed E-state index contributed by atoms with van der Waals surface area (Å²) in [5.41, 5.74) is 3.87. The van der Waals surface area contributed by atoms with E-state index in [9.17, 15) is 10.2 Å². The Labute approximate surface area is 199 Å². The maximum atomic E-state index is 10.7. The summed E-state index contributed by atoms with van der Waals surface area (Å²) in [6.45, 7) is 13.7. The topological polar surface area (TPSA) is 40.5 Å². The molecule has 0 saturated heterocycles. The van der Waals surface area contributed by atoms with Crippen molar-refractivity contribution in [3.8, 4) is 0 Å². The Bertz CT molecular complexity index is 719. The first-order valence-corrected chi connectivity index (χ1v) is 14.0. The maximum absolute atomic E-state index is 10.7. The van der Waals surface area contributed by atoms with Crippen LogP contribution in [0.15, 0.2) is 11.1 Å². The zero-order valence-corrected chi connectivity index (χ0v) is 22.5. The van der Waals surface area contributed by atoms with Gasteiger partial charge in [0, 0.05) is 4.83 Å². The number of allylic oxidation sites excluding steroid dienone is 2. The molecule has 4 rings (SSSR count). The van der Waals surface area contributed by atoms with Crippen LogP contribution in [-0.4, -0.2) is 26.7 Å². The molecule has 2 nitrogen and oxygen atoms in total. The number of fused-ring (bicyclic) bond motifs is 4. The van der Waals surface area contributed by atoms with Gasteiger partial charge < -0.3 is 10.2 Å². The molecule has 7 unspecified atom stereocenters. The van der Waals surface area contributed by atoms with Crippen molar-refractivity contribution in [3.05, 3.63) is 11.1 Å². The number of hydrogen-bond donors (Lipinski definition) is 2. The zero-order valence-electron chi connectivity index (χ0n) is 20.9. The van der Waals surface area contributed by atoms with Gasteiger partial charge >= 0.3 is 0 Å². The van der Waals surface area contributed by atoms with Gasteiger partial charge in [0.1, 0.15) is 0 Å². The van der Waals surface area contributed by atoms with E-state index in [1.54, 1.807) is 0 Å². The van der Waals surface area contributed by atoms with Gasteiger partial charge in [-0.1, -0.05) is 61.2 Å². The van der Waals surface area contributed by atoms with E-state index in [0.717, 1.165) is 24.7 Å². The lowest BCUT2D eigenvalue weighted by molar-refractivity contribution is -0.0928. The standard InChI is InChI=1S/C28H47BrO2/c1-25(2)22-13-11-19-20-12-10-18(8-7-9-23(29)26(3,4)31)27(20,5)16-14-21(19)28(22,6)17-15-24(25)30/h18,20,22-24,30-31H,7-17H2,1-6H3. The number of alkyl halides is 1. The minimum absolute atomic E-state index is 0.0389. The molecule has 178 valence electrons. The van der Waals surface area contributed by atoms with Gasteiger partial charge in [0.15, 0.2) is 0 Å². The lowest BCUT2D eigenvalue weighted by Gasteiger charge is -2.59. The molecular weight excluding hydrogens is 448 g/mol. The molecule has 4 aliphatic carbocycles. The summed E-state index contributed by atoms with van der Waals surface area (Å²) >= 11 is 3.71. The molecule has 0 aliphatic heterocycles. The molecular formula is C28H47BrO2. The summed E-state index contributed by atoms with van der Waals surface area (Å²) in [5.74, 6) is 2.26. The molecule has 0 aromatic rings. The maximum Gasteiger partial charge on any atom is 0.0716 e. The Hall–Kier alpha value is 0.140. The van der Waals surface area contributed by atoms with Crippen molar-refractivity contribution >= 4 is 15.9 Å². The molecule has 0 radical (unpaired) electrons. The second kappa shape index (κ2) is 8.12. The van der Waals surface area contributed by atoms with Crippen LogP contribution in [0.3, 0.4) is 0 Å². The molecule has 0 amide bonds. The Morgan fingerprint density at radius 1 is 1.03 bits per heavy atom. The molecule has 2 saturated carbocycles. The molecule has 31 heavy (non-hydrogen) atoms. The van der Waals surface area contributed by atoms with Crippen LogP contribution in [0, 0.1) is 34.0 Å². The zero-order chi connectivity index (χ0) is 22.8. The van der Waals surface area contributed by atoms with Crippen molar-refractivity contribution < 1.29 is 10.2 Å². The van der Waals surface area contributed by atoms with Gasteiger partial charge in [-0.05, 0) is 112 Å². The highest BCUT2D eigenvalue weighted by molar-refractivity contribution is 9.09. The van der Waals surface area contributed by atoms with Crippen LogP contribution in [-0.2, 0) is 0 Å². The van der Waals surface area contributed by atoms with Crippen LogP contribution in [0.4, 0.5) is 0 Å². The summed E-state index contributed by atoms with van der Waals surface area (Å²) in [6, 6.07) is 0. The highest BCUT2D eigenvalue weighted by Crippen LogP contribution is 2.67. The van der Waals surface area contributed by atoms with Crippen molar-refractivity contribution in [3.63, 3.8) is 0 Å². The molecule has 3 heteroatoms. The fraction of sp³-hybridized carbons (Fsp3) is 0.929. The average Bonchev–Trinajstić information content (AvgIpc) is 3.01. The van der Waals surface area contributed by atoms with E-state index in [0.29, 0.717) is 16.7 Å². The van der Waals surface area contributed by atoms with Crippen molar-refractivity contribution in [1.29, 1.82) is 0 Å². The van der Waals surface area contributed by atoms with E-state index in [-0.39, 0.29) is 16.3 Å². The Morgan fingerprint density at radius 3 is 2.42 bits per heavy atom. The monoisotopic (exact) mass is 494 g/mol. The van der Waals surface area contributed by atoms with Crippen LogP contribution in [0.5, 0.6) is 0 Å². The number of rotatable bonds is 5. The quantitative estimate of drug-likeness (QED) is 0.308. The average molecular weight is 496 g/mol. The Kier molecular flexibility index (Phi) is 6.36. The summed E-state index contributed by atoms with van der Waals surface area (Å²) in [7, 11) is 0. The number of halogens is 1. The van der Waals surface area contributed by atoms with Gasteiger partial charge in [0.25, 0.3) is 0 Å². The van der Waals surface area contributed by atoms with Gasteiger partial charge in [0.2, 0.25) is 0 Å². The predicted molar refractivity (Wildman–Crippen MR) is 133 cm³/mol. The van der Waals surface area contributed by atoms with Crippen molar-refractivity contribution in [1.82, 2.24) is 0 Å². The molecule has 4 aliphatic rings. The fourth-order valence-electron chi connectivity index (χ4n) is 8.76. The van der Waals surface area contributed by atoms with E-state index >= 15 is 0 Å². The van der Waals surface area contributed by atoms with Crippen LogP contribution in [0.1, 0.15) is 112 Å². The van der Waals surface area contributed by atoms with E-state index in [4.69, 9.17) is 0 Å². The van der Waals surface area contributed by atoms with Gasteiger partial charge in [-0.25, -0.2) is 0 Å². The minimum atomic E-state index is -0.637. The predicted octanol–water partition coefficient (Wildman–Crippen LogP) is 7.41. The molecule has 7 atom stereocenters. The summed E-state index contributed by atoms with van der Waals surface area (Å²) in [4.78, 5) is 0.186. The van der Waals surface area contributed by atoms with E-state index in [1.807, 2.05) is 25.0 Å². The summed E-state index contributed by atoms with van der Waals surface area (Å²) < 4.78 is 0. The van der Waals surface area contributed by atoms with Gasteiger partial charge in [0.05, 0.1) is 11.7 Å². The first-order valence-electron chi connectivity index (χ1n) is 13.1. The highest BCUT2D eigenvalue weighted by atomic mass is 79.9. The van der Waals surface area contributed by atoms with Crippen LogP contribution in [0.25, 0.3) is 0 Å². The van der Waals surface area contributed by atoms with Gasteiger partial charge in [-0.15, -0.1) is 0 Å². The van der Waals surface area contributed by atoms with Crippen LogP contribution < -0.4 is 0 Å². The smallest absolute Gasteiger partial charge is 0.0716 e. The minimum Gasteiger partial charge on any atom is -0.393 e. The third-order valence-corrected chi connectivity index (χ3v) is 12.5. The molecule has 0 spiro atoms. The highest BCUT2D eigenvalue weighted by Gasteiger charge is 2.58. The largest absolute Gasteiger partial charge is 0.393 e. The van der Waals surface area contributed by atoms with Crippen LogP contribution in [0.2, 0.25) is 0 Å². The Morgan fingerprint density at radius 2 is 1.74 bits per heavy atom. The van der Waals surface area contributed by atoms with Crippen molar-refractivity contribution in [2.24, 2.45) is 34.0 Å². The van der Waals surface area contributed by atoms with Gasteiger partial charge in [-0.2, -0.15) is 0 Å². The van der Waals surface area contributed by atoms with E-state index in [2.05, 4.69) is 43.6 Å². The molecule has 2 fully saturated rings. The van der Waals surface area contributed by atoms with Gasteiger partial charge in [-0.3, -0.25) is 0 Å². The molecule has 0 aromatic heterocycles. The van der Waals surface area contributed by atoms with Crippen molar-refractivity contribution in [2.75, 3.05) is 0 Å². The summed E-state index contributed by atoms with van der Waals surface area (Å²) in [6.07, 6.45) is 13.6. The van der Waals surface area contributed by atoms with Crippen molar-refractivity contribution in [2.45, 2.75) is 129 Å². The third kappa shape index (κ3) is 3.91.